The molecule has 0 aliphatic carbocycles. The molecule has 3 rings (SSSR count). The Labute approximate surface area is 252 Å². The minimum absolute atomic E-state index is 0.0674. The Kier molecular flexibility index (Phi) is 10.7. The molecule has 2 heterocycles. The second-order valence-corrected chi connectivity index (χ2v) is 11.0. The molecule has 44 heavy (non-hydrogen) atoms. The third-order valence-corrected chi connectivity index (χ3v) is 7.86. The molecular formula is C30H36F4N6O4. The van der Waals surface area contributed by atoms with E-state index in [2.05, 4.69) is 10.4 Å². The maximum Gasteiger partial charge on any atom is 0.416 e. The number of piperidine rings is 1. The molecule has 1 unspecified atom stereocenters. The molecule has 0 radical (unpaired) electrons. The van der Waals surface area contributed by atoms with Gasteiger partial charge >= 0.3 is 6.18 Å². The minimum Gasteiger partial charge on any atom is -0.360 e. The second kappa shape index (κ2) is 13.9. The lowest BCUT2D eigenvalue weighted by Gasteiger charge is -2.48. The van der Waals surface area contributed by atoms with Crippen molar-refractivity contribution in [2.45, 2.75) is 44.4 Å². The van der Waals surface area contributed by atoms with E-state index >= 15 is 0 Å². The number of likely N-dealkylation sites (N-methyl/N-ethyl adjacent to an activating group) is 2. The summed E-state index contributed by atoms with van der Waals surface area (Å²) >= 11 is 0. The number of carbonyl (C=O) groups is 4. The van der Waals surface area contributed by atoms with Crippen LogP contribution < -0.4 is 10.2 Å². The van der Waals surface area contributed by atoms with E-state index in [1.807, 2.05) is 25.2 Å². The van der Waals surface area contributed by atoms with Crippen molar-refractivity contribution < 1.29 is 36.7 Å². The van der Waals surface area contributed by atoms with Gasteiger partial charge in [-0.15, -0.1) is 0 Å². The smallest absolute Gasteiger partial charge is 0.360 e. The zero-order chi connectivity index (χ0) is 32.8. The summed E-state index contributed by atoms with van der Waals surface area (Å²) in [5.74, 6) is -2.26. The van der Waals surface area contributed by atoms with Gasteiger partial charge in [-0.3, -0.25) is 28.8 Å². The Morgan fingerprint density at radius 1 is 1.11 bits per heavy atom. The normalized spacial score (nSPS) is 16.5. The van der Waals surface area contributed by atoms with Crippen LogP contribution in [0.3, 0.4) is 0 Å². The van der Waals surface area contributed by atoms with Crippen LogP contribution in [0.2, 0.25) is 0 Å². The fraction of sp³-hybridized carbons (Fsp3) is 0.433. The first-order valence-electron chi connectivity index (χ1n) is 13.9. The van der Waals surface area contributed by atoms with Crippen LogP contribution in [0.5, 0.6) is 0 Å². The Morgan fingerprint density at radius 2 is 1.77 bits per heavy atom. The Bertz CT molecular complexity index is 1470. The van der Waals surface area contributed by atoms with Gasteiger partial charge in [-0.2, -0.15) is 18.3 Å². The van der Waals surface area contributed by atoms with Crippen molar-refractivity contribution >= 4 is 40.7 Å². The number of allylic oxidation sites excluding steroid dienone is 4. The summed E-state index contributed by atoms with van der Waals surface area (Å²) in [7, 11) is 4.94. The topological polar surface area (TPSA) is 108 Å². The van der Waals surface area contributed by atoms with Gasteiger partial charge in [0, 0.05) is 51.4 Å². The number of aromatic nitrogens is 2. The van der Waals surface area contributed by atoms with E-state index in [0.717, 1.165) is 15.8 Å². The third-order valence-electron chi connectivity index (χ3n) is 7.86. The number of imide groups is 1. The molecule has 0 spiro atoms. The number of anilines is 1. The molecule has 1 aromatic heterocycles. The molecule has 1 fully saturated rings. The number of benzene rings is 1. The largest absolute Gasteiger partial charge is 0.416 e. The average molecular weight is 621 g/mol. The van der Waals surface area contributed by atoms with Gasteiger partial charge < -0.3 is 15.1 Å². The van der Waals surface area contributed by atoms with Gasteiger partial charge in [-0.1, -0.05) is 13.8 Å². The van der Waals surface area contributed by atoms with E-state index in [1.165, 1.54) is 11.9 Å². The molecule has 1 aromatic carbocycles. The van der Waals surface area contributed by atoms with Crippen LogP contribution in [0.4, 0.5) is 23.2 Å². The first-order chi connectivity index (χ1) is 20.7. The highest BCUT2D eigenvalue weighted by molar-refractivity contribution is 5.97. The summed E-state index contributed by atoms with van der Waals surface area (Å²) in [6.07, 6.45) is -0.259. The molecule has 10 nitrogen and oxygen atoms in total. The van der Waals surface area contributed by atoms with Crippen molar-refractivity contribution in [3.63, 3.8) is 0 Å². The van der Waals surface area contributed by atoms with Gasteiger partial charge in [0.15, 0.2) is 0 Å². The van der Waals surface area contributed by atoms with Crippen molar-refractivity contribution in [2.24, 2.45) is 13.0 Å². The number of nitrogens with zero attached hydrogens (tertiary/aromatic N) is 5. The lowest BCUT2D eigenvalue weighted by Crippen LogP contribution is -2.64. The summed E-state index contributed by atoms with van der Waals surface area (Å²) in [5, 5.41) is 7.58. The summed E-state index contributed by atoms with van der Waals surface area (Å²) in [6, 6.07) is 4.55. The number of hydrogen-bond donors (Lipinski definition) is 1. The summed E-state index contributed by atoms with van der Waals surface area (Å²) < 4.78 is 53.4. The number of hydrogen-bond acceptors (Lipinski definition) is 6. The molecule has 4 amide bonds. The zero-order valence-corrected chi connectivity index (χ0v) is 25.1. The van der Waals surface area contributed by atoms with Crippen molar-refractivity contribution in [3.8, 4) is 0 Å². The zero-order valence-electron chi connectivity index (χ0n) is 25.1. The predicted octanol–water partition coefficient (Wildman–Crippen LogP) is 3.65. The maximum absolute atomic E-state index is 13.6. The lowest BCUT2D eigenvalue weighted by atomic mass is 9.83. The molecular weight excluding hydrogens is 584 g/mol. The molecule has 0 saturated carbocycles. The van der Waals surface area contributed by atoms with Gasteiger partial charge in [0.1, 0.15) is 11.6 Å². The van der Waals surface area contributed by atoms with Crippen LogP contribution in [0.15, 0.2) is 60.6 Å². The Hall–Kier alpha value is -4.49. The second-order valence-electron chi connectivity index (χ2n) is 11.0. The molecule has 1 N–H and O–H groups in total. The van der Waals surface area contributed by atoms with Gasteiger partial charge in [-0.25, -0.2) is 4.39 Å². The SMILES string of the molecule is CC(C)C(NC(=O)C=CC(=CC=CF)C(F)(F)F)C(=O)N1CCC(C(=O)N(C)C=O)(N(C)c2ccc3c(cnn3C)c2)CC1. The number of amides is 4. The van der Waals surface area contributed by atoms with Crippen molar-refractivity contribution in [1.29, 1.82) is 0 Å². The van der Waals surface area contributed by atoms with Crippen molar-refractivity contribution in [2.75, 3.05) is 32.1 Å². The maximum atomic E-state index is 13.6. The first kappa shape index (κ1) is 34.0. The molecule has 2 aromatic rings. The summed E-state index contributed by atoms with van der Waals surface area (Å²) in [6.45, 7) is 3.59. The van der Waals surface area contributed by atoms with Crippen molar-refractivity contribution in [3.05, 3.63) is 60.6 Å². The number of nitrogens with one attached hydrogen (secondary N) is 1. The average Bonchev–Trinajstić information content (AvgIpc) is 3.37. The van der Waals surface area contributed by atoms with Crippen LogP contribution in [-0.2, 0) is 26.2 Å². The molecule has 1 aliphatic heterocycles. The standard InChI is InChI=1S/C30H36F4N6O4/c1-20(2)26(36-25(42)11-8-22(7-6-14-31)30(32,33)34)27(43)40-15-12-29(13-16-40,28(44)37(3)19-41)38(4)23-9-10-24-21(17-23)18-35-39(24)5/h6-11,14,17-20,26H,12-13,15-16H2,1-5H3,(H,36,42). The fourth-order valence-corrected chi connectivity index (χ4v) is 5.23. The van der Waals surface area contributed by atoms with E-state index in [0.29, 0.717) is 36.4 Å². The molecule has 1 aliphatic rings. The predicted molar refractivity (Wildman–Crippen MR) is 157 cm³/mol. The van der Waals surface area contributed by atoms with Gasteiger partial charge in [0.05, 0.1) is 23.6 Å². The van der Waals surface area contributed by atoms with E-state index in [9.17, 15) is 36.7 Å². The number of alkyl halides is 3. The quantitative estimate of drug-likeness (QED) is 0.188. The van der Waals surface area contributed by atoms with Crippen LogP contribution >= 0.6 is 0 Å². The number of rotatable bonds is 10. The molecule has 14 heteroatoms. The number of carbonyl (C=O) groups excluding carboxylic acids is 4. The minimum atomic E-state index is -4.82. The van der Waals surface area contributed by atoms with Crippen LogP contribution in [0.1, 0.15) is 26.7 Å². The van der Waals surface area contributed by atoms with E-state index in [1.54, 1.807) is 36.7 Å². The van der Waals surface area contributed by atoms with Gasteiger partial charge in [0.2, 0.25) is 18.2 Å². The molecule has 1 saturated heterocycles. The number of halogens is 4. The molecule has 1 atom stereocenters. The number of aryl methyl sites for hydroxylation is 1. The van der Waals surface area contributed by atoms with E-state index in [-0.39, 0.29) is 32.3 Å². The van der Waals surface area contributed by atoms with E-state index < -0.39 is 47.0 Å². The highest BCUT2D eigenvalue weighted by Gasteiger charge is 2.48. The van der Waals surface area contributed by atoms with Crippen molar-refractivity contribution in [1.82, 2.24) is 24.9 Å². The molecule has 0 bridgehead atoms. The highest BCUT2D eigenvalue weighted by Crippen LogP contribution is 2.35. The van der Waals surface area contributed by atoms with E-state index in [4.69, 9.17) is 0 Å². The highest BCUT2D eigenvalue weighted by atomic mass is 19.4. The first-order valence-corrected chi connectivity index (χ1v) is 13.9. The third kappa shape index (κ3) is 7.34. The monoisotopic (exact) mass is 620 g/mol. The van der Waals surface area contributed by atoms with Gasteiger partial charge in [0.25, 0.3) is 5.91 Å². The number of fused-ring (bicyclic) bond motifs is 1. The number of likely N-dealkylation sites (tertiary alicyclic amines) is 1. The fourth-order valence-electron chi connectivity index (χ4n) is 5.23. The van der Waals surface area contributed by atoms with Crippen LogP contribution in [0, 0.1) is 5.92 Å². The molecule has 238 valence electrons. The summed E-state index contributed by atoms with van der Waals surface area (Å²) in [5.41, 5.74) is -0.813. The van der Waals surface area contributed by atoms with Gasteiger partial charge in [-0.05, 0) is 55.2 Å². The Balaban J connectivity index is 1.81. The Morgan fingerprint density at radius 3 is 2.34 bits per heavy atom. The van der Waals surface area contributed by atoms with Crippen LogP contribution in [-0.4, -0.2) is 88.7 Å². The lowest BCUT2D eigenvalue weighted by molar-refractivity contribution is -0.146. The summed E-state index contributed by atoms with van der Waals surface area (Å²) in [4.78, 5) is 55.6. The van der Waals surface area contributed by atoms with Crippen LogP contribution in [0.25, 0.3) is 10.9 Å².